The van der Waals surface area contributed by atoms with Gasteiger partial charge in [-0.15, -0.1) is 10.2 Å². The number of aromatic nitrogens is 5. The van der Waals surface area contributed by atoms with Crippen molar-refractivity contribution in [3.8, 4) is 11.1 Å². The zero-order chi connectivity index (χ0) is 18.3. The van der Waals surface area contributed by atoms with E-state index in [9.17, 15) is 4.79 Å². The number of fused-ring (bicyclic) bond motifs is 1. The fraction of sp³-hybridized carbons (Fsp3) is 0.176. The number of nitrogens with zero attached hydrogens (tertiary/aromatic N) is 4. The maximum atomic E-state index is 12.5. The second-order valence-electron chi connectivity index (χ2n) is 5.74. The van der Waals surface area contributed by atoms with E-state index in [1.165, 1.54) is 27.6 Å². The summed E-state index contributed by atoms with van der Waals surface area (Å²) in [6.45, 7) is 3.83. The Bertz CT molecular complexity index is 1160. The van der Waals surface area contributed by atoms with E-state index in [-0.39, 0.29) is 5.56 Å². The van der Waals surface area contributed by atoms with Gasteiger partial charge < -0.3 is 0 Å². The first-order valence-electron chi connectivity index (χ1n) is 7.81. The quantitative estimate of drug-likeness (QED) is 0.519. The molecule has 0 fully saturated rings. The third-order valence-corrected chi connectivity index (χ3v) is 6.05. The highest BCUT2D eigenvalue weighted by Crippen LogP contribution is 2.29. The summed E-state index contributed by atoms with van der Waals surface area (Å²) in [6, 6.07) is 9.08. The third-order valence-electron chi connectivity index (χ3n) is 3.81. The lowest BCUT2D eigenvalue weighted by molar-refractivity contribution is 0.871. The van der Waals surface area contributed by atoms with Gasteiger partial charge in [-0.3, -0.25) is 9.89 Å². The number of aromatic amines is 1. The molecular formula is C17H14ClN5OS2. The molecule has 26 heavy (non-hydrogen) atoms. The number of aryl methyl sites for hydroxylation is 2. The Balaban J connectivity index is 1.77. The Morgan fingerprint density at radius 1 is 1.27 bits per heavy atom. The molecule has 4 aromatic rings. The van der Waals surface area contributed by atoms with Crippen molar-refractivity contribution in [3.63, 3.8) is 0 Å². The van der Waals surface area contributed by atoms with Crippen molar-refractivity contribution in [1.82, 2.24) is 24.8 Å². The summed E-state index contributed by atoms with van der Waals surface area (Å²) in [6.07, 6.45) is 0. The van der Waals surface area contributed by atoms with Crippen LogP contribution in [0, 0.1) is 13.8 Å². The molecule has 0 aliphatic carbocycles. The second-order valence-corrected chi connectivity index (χ2v) is 8.58. The second kappa shape index (κ2) is 6.86. The zero-order valence-electron chi connectivity index (χ0n) is 14.0. The average Bonchev–Trinajstić information content (AvgIpc) is 3.16. The Labute approximate surface area is 162 Å². The largest absolute Gasteiger partial charge is 0.293 e. The standard InChI is InChI=1S/C17H14ClN5OS2/c1-9-15(11-4-3-5-12(18)6-11)16-19-13(7-14(24)23(16)22-9)8-25-17-21-20-10(2)26-17/h3-7,22H,8H2,1-2H3. The van der Waals surface area contributed by atoms with Gasteiger partial charge in [-0.25, -0.2) is 9.50 Å². The number of hydrogen-bond acceptors (Lipinski definition) is 6. The van der Waals surface area contributed by atoms with Crippen LogP contribution in [0.5, 0.6) is 0 Å². The Morgan fingerprint density at radius 3 is 2.85 bits per heavy atom. The highest BCUT2D eigenvalue weighted by atomic mass is 35.5. The van der Waals surface area contributed by atoms with Gasteiger partial charge in [-0.1, -0.05) is 46.8 Å². The van der Waals surface area contributed by atoms with Gasteiger partial charge >= 0.3 is 0 Å². The lowest BCUT2D eigenvalue weighted by atomic mass is 10.1. The van der Waals surface area contributed by atoms with Crippen LogP contribution in [-0.4, -0.2) is 24.8 Å². The molecule has 0 aliphatic rings. The van der Waals surface area contributed by atoms with Crippen molar-refractivity contribution in [3.05, 3.63) is 62.1 Å². The molecule has 132 valence electrons. The van der Waals surface area contributed by atoms with Crippen LogP contribution in [0.1, 0.15) is 16.4 Å². The van der Waals surface area contributed by atoms with E-state index in [0.29, 0.717) is 22.1 Å². The maximum Gasteiger partial charge on any atom is 0.272 e. The van der Waals surface area contributed by atoms with Crippen molar-refractivity contribution >= 4 is 40.3 Å². The van der Waals surface area contributed by atoms with Crippen molar-refractivity contribution in [2.45, 2.75) is 23.9 Å². The van der Waals surface area contributed by atoms with Gasteiger partial charge in [0, 0.05) is 28.1 Å². The van der Waals surface area contributed by atoms with Crippen molar-refractivity contribution < 1.29 is 0 Å². The molecule has 0 spiro atoms. The fourth-order valence-corrected chi connectivity index (χ4v) is 4.63. The first kappa shape index (κ1) is 17.3. The molecule has 0 saturated carbocycles. The molecule has 0 radical (unpaired) electrons. The molecule has 4 rings (SSSR count). The zero-order valence-corrected chi connectivity index (χ0v) is 16.4. The SMILES string of the molecule is Cc1nnc(SCc2cc(=O)n3[nH]c(C)c(-c4cccc(Cl)c4)c3n2)s1. The molecule has 3 aromatic heterocycles. The van der Waals surface area contributed by atoms with Crippen LogP contribution in [0.25, 0.3) is 16.8 Å². The molecular weight excluding hydrogens is 390 g/mol. The van der Waals surface area contributed by atoms with Gasteiger partial charge in [-0.2, -0.15) is 0 Å². The Morgan fingerprint density at radius 2 is 2.12 bits per heavy atom. The maximum absolute atomic E-state index is 12.5. The number of rotatable bonds is 4. The minimum Gasteiger partial charge on any atom is -0.293 e. The summed E-state index contributed by atoms with van der Waals surface area (Å²) < 4.78 is 2.33. The molecule has 0 unspecified atom stereocenters. The van der Waals surface area contributed by atoms with E-state index in [0.717, 1.165) is 26.2 Å². The summed E-state index contributed by atoms with van der Waals surface area (Å²) in [5.74, 6) is 0.555. The number of H-pyrrole nitrogens is 1. The van der Waals surface area contributed by atoms with Gasteiger partial charge in [0.15, 0.2) is 9.99 Å². The van der Waals surface area contributed by atoms with Gasteiger partial charge in [0.25, 0.3) is 5.56 Å². The lowest BCUT2D eigenvalue weighted by Gasteiger charge is -2.03. The smallest absolute Gasteiger partial charge is 0.272 e. The van der Waals surface area contributed by atoms with Gasteiger partial charge in [-0.05, 0) is 31.5 Å². The summed E-state index contributed by atoms with van der Waals surface area (Å²) >= 11 is 9.19. The Hall–Kier alpha value is -2.16. The highest BCUT2D eigenvalue weighted by molar-refractivity contribution is 8.00. The van der Waals surface area contributed by atoms with Gasteiger partial charge in [0.2, 0.25) is 0 Å². The number of nitrogens with one attached hydrogen (secondary N) is 1. The molecule has 0 aliphatic heterocycles. The van der Waals surface area contributed by atoms with E-state index in [4.69, 9.17) is 16.6 Å². The molecule has 0 bridgehead atoms. The van der Waals surface area contributed by atoms with E-state index in [1.807, 2.05) is 38.1 Å². The minimum atomic E-state index is -0.143. The van der Waals surface area contributed by atoms with Crippen molar-refractivity contribution in [2.24, 2.45) is 0 Å². The van der Waals surface area contributed by atoms with Crippen LogP contribution in [0.4, 0.5) is 0 Å². The molecule has 0 saturated heterocycles. The van der Waals surface area contributed by atoms with Crippen molar-refractivity contribution in [2.75, 3.05) is 0 Å². The summed E-state index contributed by atoms with van der Waals surface area (Å²) in [7, 11) is 0. The molecule has 3 heterocycles. The predicted octanol–water partition coefficient (Wildman–Crippen LogP) is 4.10. The first-order valence-corrected chi connectivity index (χ1v) is 9.99. The molecule has 9 heteroatoms. The van der Waals surface area contributed by atoms with Crippen LogP contribution >= 0.6 is 34.7 Å². The normalized spacial score (nSPS) is 11.3. The molecule has 6 nitrogen and oxygen atoms in total. The fourth-order valence-electron chi connectivity index (χ4n) is 2.73. The number of thioether (sulfide) groups is 1. The monoisotopic (exact) mass is 403 g/mol. The third kappa shape index (κ3) is 3.27. The van der Waals surface area contributed by atoms with Crippen LogP contribution in [0.2, 0.25) is 5.02 Å². The van der Waals surface area contributed by atoms with Crippen LogP contribution in [-0.2, 0) is 5.75 Å². The summed E-state index contributed by atoms with van der Waals surface area (Å²) in [4.78, 5) is 17.2. The Kier molecular flexibility index (Phi) is 4.56. The summed E-state index contributed by atoms with van der Waals surface area (Å²) in [5.41, 5.74) is 3.82. The lowest BCUT2D eigenvalue weighted by Crippen LogP contribution is -2.15. The average molecular weight is 404 g/mol. The number of benzene rings is 1. The first-order chi connectivity index (χ1) is 12.5. The highest BCUT2D eigenvalue weighted by Gasteiger charge is 2.15. The number of hydrogen-bond donors (Lipinski definition) is 1. The van der Waals surface area contributed by atoms with Crippen LogP contribution < -0.4 is 5.56 Å². The molecule has 1 aromatic carbocycles. The summed E-state index contributed by atoms with van der Waals surface area (Å²) in [5, 5.41) is 12.7. The van der Waals surface area contributed by atoms with Crippen LogP contribution in [0.3, 0.4) is 0 Å². The van der Waals surface area contributed by atoms with E-state index >= 15 is 0 Å². The van der Waals surface area contributed by atoms with Gasteiger partial charge in [0.1, 0.15) is 5.01 Å². The van der Waals surface area contributed by atoms with E-state index in [2.05, 4.69) is 15.3 Å². The molecule has 1 N–H and O–H groups in total. The molecule has 0 amide bonds. The number of halogens is 1. The minimum absolute atomic E-state index is 0.143. The van der Waals surface area contributed by atoms with E-state index < -0.39 is 0 Å². The molecule has 0 atom stereocenters. The topological polar surface area (TPSA) is 75.9 Å². The van der Waals surface area contributed by atoms with Crippen LogP contribution in [0.15, 0.2) is 39.5 Å². The van der Waals surface area contributed by atoms with E-state index in [1.54, 1.807) is 6.07 Å². The van der Waals surface area contributed by atoms with Crippen molar-refractivity contribution in [1.29, 1.82) is 0 Å². The predicted molar refractivity (Wildman–Crippen MR) is 105 cm³/mol. The van der Waals surface area contributed by atoms with Gasteiger partial charge in [0.05, 0.1) is 5.69 Å².